The average Bonchev–Trinajstić information content (AvgIpc) is 2.66. The molecule has 0 heterocycles. The van der Waals surface area contributed by atoms with Crippen LogP contribution in [0.2, 0.25) is 10.0 Å². The predicted molar refractivity (Wildman–Crippen MR) is 111 cm³/mol. The maximum Gasteiger partial charge on any atom is 0.247 e. The van der Waals surface area contributed by atoms with E-state index in [1.54, 1.807) is 0 Å². The summed E-state index contributed by atoms with van der Waals surface area (Å²) >= 11 is 12.1. The zero-order valence-electron chi connectivity index (χ0n) is 15.0. The molecular weight excluding hydrogens is 417 g/mol. The van der Waals surface area contributed by atoms with Crippen LogP contribution in [0.3, 0.4) is 0 Å². The molecule has 0 spiro atoms. The van der Waals surface area contributed by atoms with Gasteiger partial charge in [0.15, 0.2) is 6.23 Å². The summed E-state index contributed by atoms with van der Waals surface area (Å²) in [7, 11) is -4.19. The van der Waals surface area contributed by atoms with Gasteiger partial charge < -0.3 is 5.11 Å². The van der Waals surface area contributed by atoms with Crippen LogP contribution in [0.4, 0.5) is 0 Å². The molecule has 0 fully saturated rings. The number of aliphatic hydroxyl groups excluding tert-OH is 1. The zero-order valence-corrected chi connectivity index (χ0v) is 17.3. The second-order valence-corrected chi connectivity index (χ2v) is 8.77. The molecule has 1 radical (unpaired) electrons. The van der Waals surface area contributed by atoms with Crippen molar-refractivity contribution in [3.63, 3.8) is 0 Å². The summed E-state index contributed by atoms with van der Waals surface area (Å²) in [4.78, 5) is -0.135. The zero-order chi connectivity index (χ0) is 20.3. The Morgan fingerprint density at radius 2 is 1.39 bits per heavy atom. The Balaban J connectivity index is 2.22. The molecule has 3 rings (SSSR count). The summed E-state index contributed by atoms with van der Waals surface area (Å²) in [5.74, 6) is 0. The van der Waals surface area contributed by atoms with Crippen molar-refractivity contribution >= 4 is 33.2 Å². The van der Waals surface area contributed by atoms with Crippen LogP contribution in [0, 0.1) is 6.23 Å². The van der Waals surface area contributed by atoms with E-state index < -0.39 is 16.1 Å². The van der Waals surface area contributed by atoms with Crippen LogP contribution >= 0.6 is 23.2 Å². The number of hydrogen-bond donors (Lipinski definition) is 1. The fourth-order valence-corrected chi connectivity index (χ4v) is 5.35. The van der Waals surface area contributed by atoms with Crippen LogP contribution in [0.5, 0.6) is 0 Å². The Labute approximate surface area is 175 Å². The smallest absolute Gasteiger partial charge is 0.247 e. The van der Waals surface area contributed by atoms with Crippen molar-refractivity contribution in [3.8, 4) is 0 Å². The first-order valence-electron chi connectivity index (χ1n) is 8.44. The second-order valence-electron chi connectivity index (χ2n) is 6.15. The summed E-state index contributed by atoms with van der Waals surface area (Å²) in [6.45, 7) is 1.33. The van der Waals surface area contributed by atoms with E-state index >= 15 is 0 Å². The quantitative estimate of drug-likeness (QED) is 0.544. The van der Waals surface area contributed by atoms with Crippen LogP contribution < -0.4 is 0 Å². The van der Waals surface area contributed by atoms with Crippen LogP contribution in [-0.2, 0) is 10.0 Å². The molecule has 0 bridgehead atoms. The summed E-state index contributed by atoms with van der Waals surface area (Å²) < 4.78 is 28.0. The number of nitrogens with zero attached hydrogens (tertiary/aromatic N) is 1. The van der Waals surface area contributed by atoms with Crippen LogP contribution in [0.15, 0.2) is 83.8 Å². The van der Waals surface area contributed by atoms with Crippen molar-refractivity contribution in [2.75, 3.05) is 0 Å². The molecule has 0 unspecified atom stereocenters. The minimum absolute atomic E-state index is 0.0152. The molecule has 0 amide bonds. The number of rotatable bonds is 6. The molecule has 28 heavy (non-hydrogen) atoms. The third-order valence-corrected chi connectivity index (χ3v) is 6.78. The fourth-order valence-electron chi connectivity index (χ4n) is 3.02. The maximum atomic E-state index is 13.5. The predicted octanol–water partition coefficient (Wildman–Crippen LogP) is 5.66. The number of halogens is 2. The lowest BCUT2D eigenvalue weighted by Crippen LogP contribution is -2.37. The van der Waals surface area contributed by atoms with Gasteiger partial charge in [-0.05, 0) is 36.2 Å². The lowest BCUT2D eigenvalue weighted by atomic mass is 9.98. The molecule has 3 aromatic rings. The Morgan fingerprint density at radius 1 is 0.893 bits per heavy atom. The molecular formula is C21H18Cl2NO3S. The highest BCUT2D eigenvalue weighted by Gasteiger charge is 2.38. The Hall–Kier alpha value is -1.89. The van der Waals surface area contributed by atoms with Gasteiger partial charge in [0.05, 0.1) is 11.1 Å². The Morgan fingerprint density at radius 3 is 1.82 bits per heavy atom. The maximum absolute atomic E-state index is 13.5. The van der Waals surface area contributed by atoms with Crippen molar-refractivity contribution < 1.29 is 13.5 Å². The molecule has 7 heteroatoms. The van der Waals surface area contributed by atoms with Gasteiger partial charge in [-0.15, -0.1) is 0 Å². The molecule has 0 aliphatic rings. The standard InChI is InChI=1S/C21H18Cl2NO3S/c1-15(25)24(28(26,27)20-13-12-18(22)14-19(20)23)21(16-8-4-2-5-9-16)17-10-6-3-7-11-17/h2-14,21,25H,1H3. The Bertz CT molecular complexity index is 1000. The van der Waals surface area contributed by atoms with Gasteiger partial charge in [0.1, 0.15) is 4.90 Å². The number of aliphatic hydroxyl groups is 1. The van der Waals surface area contributed by atoms with Gasteiger partial charge in [0, 0.05) is 5.02 Å². The van der Waals surface area contributed by atoms with Gasteiger partial charge in [-0.1, -0.05) is 83.9 Å². The largest absolute Gasteiger partial charge is 0.371 e. The van der Waals surface area contributed by atoms with Crippen molar-refractivity contribution in [3.05, 3.63) is 106 Å². The first kappa shape index (κ1) is 20.8. The third kappa shape index (κ3) is 4.24. The first-order valence-corrected chi connectivity index (χ1v) is 10.6. The van der Waals surface area contributed by atoms with Gasteiger partial charge >= 0.3 is 0 Å². The van der Waals surface area contributed by atoms with Gasteiger partial charge in [-0.3, -0.25) is 0 Å². The first-order chi connectivity index (χ1) is 13.3. The van der Waals surface area contributed by atoms with Gasteiger partial charge in [0.2, 0.25) is 10.0 Å². The number of sulfonamides is 1. The molecule has 0 saturated carbocycles. The van der Waals surface area contributed by atoms with Crippen LogP contribution in [0.1, 0.15) is 24.1 Å². The number of hydrogen-bond acceptors (Lipinski definition) is 3. The molecule has 145 valence electrons. The van der Waals surface area contributed by atoms with E-state index in [2.05, 4.69) is 0 Å². The van der Waals surface area contributed by atoms with Crippen molar-refractivity contribution in [1.82, 2.24) is 4.31 Å². The Kier molecular flexibility index (Phi) is 6.43. The minimum atomic E-state index is -4.19. The van der Waals surface area contributed by atoms with Gasteiger partial charge in [-0.25, -0.2) is 8.42 Å². The summed E-state index contributed by atoms with van der Waals surface area (Å²) in [6, 6.07) is 21.6. The highest BCUT2D eigenvalue weighted by molar-refractivity contribution is 7.89. The average molecular weight is 435 g/mol. The third-order valence-electron chi connectivity index (χ3n) is 4.21. The second kappa shape index (κ2) is 8.64. The molecule has 1 N–H and O–H groups in total. The van der Waals surface area contributed by atoms with Gasteiger partial charge in [0.25, 0.3) is 0 Å². The van der Waals surface area contributed by atoms with Crippen LogP contribution in [0.25, 0.3) is 0 Å². The SMILES string of the molecule is C[C](O)N(C(c1ccccc1)c1ccccc1)S(=O)(=O)c1ccc(Cl)cc1Cl. The van der Waals surface area contributed by atoms with Crippen molar-refractivity contribution in [1.29, 1.82) is 0 Å². The normalized spacial score (nSPS) is 12.1. The van der Waals surface area contributed by atoms with E-state index in [0.717, 1.165) is 4.31 Å². The highest BCUT2D eigenvalue weighted by atomic mass is 35.5. The van der Waals surface area contributed by atoms with E-state index in [4.69, 9.17) is 23.2 Å². The van der Waals surface area contributed by atoms with E-state index in [1.807, 2.05) is 60.7 Å². The lowest BCUT2D eigenvalue weighted by Gasteiger charge is -2.33. The molecule has 0 aromatic heterocycles. The molecule has 0 saturated heterocycles. The van der Waals surface area contributed by atoms with Crippen LogP contribution in [-0.4, -0.2) is 17.8 Å². The lowest BCUT2D eigenvalue weighted by molar-refractivity contribution is 0.170. The van der Waals surface area contributed by atoms with Gasteiger partial charge in [-0.2, -0.15) is 4.31 Å². The highest BCUT2D eigenvalue weighted by Crippen LogP contribution is 2.38. The molecule has 0 aliphatic carbocycles. The molecule has 0 aliphatic heterocycles. The van der Waals surface area contributed by atoms with E-state index in [0.29, 0.717) is 16.1 Å². The summed E-state index contributed by atoms with van der Waals surface area (Å²) in [5, 5.41) is 10.7. The minimum Gasteiger partial charge on any atom is -0.371 e. The van der Waals surface area contributed by atoms with E-state index in [9.17, 15) is 13.5 Å². The summed E-state index contributed by atoms with van der Waals surface area (Å²) in [5.41, 5.74) is 1.41. The number of benzene rings is 3. The fraction of sp³-hybridized carbons (Fsp3) is 0.0952. The molecule has 0 atom stereocenters. The van der Waals surface area contributed by atoms with Crippen molar-refractivity contribution in [2.24, 2.45) is 0 Å². The monoisotopic (exact) mass is 434 g/mol. The van der Waals surface area contributed by atoms with E-state index in [-0.39, 0.29) is 16.1 Å². The topological polar surface area (TPSA) is 57.6 Å². The molecule has 4 nitrogen and oxygen atoms in total. The summed E-state index contributed by atoms with van der Waals surface area (Å²) in [6.07, 6.45) is -0.372. The van der Waals surface area contributed by atoms with E-state index in [1.165, 1.54) is 25.1 Å². The van der Waals surface area contributed by atoms with Crippen molar-refractivity contribution in [2.45, 2.75) is 17.9 Å². The molecule has 3 aromatic carbocycles.